The van der Waals surface area contributed by atoms with Gasteiger partial charge in [0.15, 0.2) is 0 Å². The van der Waals surface area contributed by atoms with Crippen molar-refractivity contribution in [3.8, 4) is 11.8 Å². The normalized spacial score (nSPS) is 19.8. The predicted molar refractivity (Wildman–Crippen MR) is 81.3 cm³/mol. The number of hydrogen-bond acceptors (Lipinski definition) is 2. The summed E-state index contributed by atoms with van der Waals surface area (Å²) in [5.74, 6) is 6.64. The van der Waals surface area contributed by atoms with Crippen LogP contribution in [0.25, 0.3) is 0 Å². The minimum Gasteiger partial charge on any atom is -0.312 e. The molecule has 1 aromatic carbocycles. The maximum atomic E-state index is 3.45. The molecule has 1 fully saturated rings. The molecule has 1 aliphatic heterocycles. The van der Waals surface area contributed by atoms with E-state index in [0.29, 0.717) is 6.04 Å². The van der Waals surface area contributed by atoms with Gasteiger partial charge in [-0.05, 0) is 31.9 Å². The van der Waals surface area contributed by atoms with Crippen LogP contribution in [0.2, 0.25) is 0 Å². The number of piperazine rings is 1. The van der Waals surface area contributed by atoms with Crippen LogP contribution >= 0.6 is 0 Å². The van der Waals surface area contributed by atoms with Crippen LogP contribution in [0, 0.1) is 25.7 Å². The van der Waals surface area contributed by atoms with Gasteiger partial charge < -0.3 is 5.32 Å². The Morgan fingerprint density at radius 3 is 2.95 bits per heavy atom. The number of nitrogens with one attached hydrogen (secondary N) is 1. The highest BCUT2D eigenvalue weighted by atomic mass is 15.2. The van der Waals surface area contributed by atoms with Gasteiger partial charge in [0.1, 0.15) is 0 Å². The van der Waals surface area contributed by atoms with Crippen LogP contribution in [-0.4, -0.2) is 37.1 Å². The number of benzene rings is 1. The third kappa shape index (κ3) is 4.38. The van der Waals surface area contributed by atoms with Crippen molar-refractivity contribution >= 4 is 0 Å². The summed E-state index contributed by atoms with van der Waals surface area (Å²) in [5, 5.41) is 3.45. The molecular weight excluding hydrogens is 232 g/mol. The van der Waals surface area contributed by atoms with Gasteiger partial charge in [-0.25, -0.2) is 0 Å². The highest BCUT2D eigenvalue weighted by Crippen LogP contribution is 2.10. The Balaban J connectivity index is 1.85. The molecule has 2 heteroatoms. The molecule has 1 atom stereocenters. The number of rotatable bonds is 2. The van der Waals surface area contributed by atoms with E-state index in [1.54, 1.807) is 0 Å². The molecule has 0 aliphatic carbocycles. The molecule has 2 nitrogen and oxygen atoms in total. The first-order valence-electron chi connectivity index (χ1n) is 7.13. The van der Waals surface area contributed by atoms with Gasteiger partial charge in [-0.2, -0.15) is 0 Å². The molecule has 19 heavy (non-hydrogen) atoms. The lowest BCUT2D eigenvalue weighted by atomic mass is 10.0. The fourth-order valence-corrected chi connectivity index (χ4v) is 2.47. The lowest BCUT2D eigenvalue weighted by Crippen LogP contribution is -2.49. The molecule has 1 unspecified atom stereocenters. The molecule has 0 amide bonds. The van der Waals surface area contributed by atoms with Crippen molar-refractivity contribution in [1.29, 1.82) is 0 Å². The molecule has 102 valence electrons. The Labute approximate surface area is 117 Å². The zero-order valence-electron chi connectivity index (χ0n) is 12.3. The maximum Gasteiger partial charge on any atom is 0.0602 e. The van der Waals surface area contributed by atoms with E-state index in [-0.39, 0.29) is 0 Å². The lowest BCUT2D eigenvalue weighted by Gasteiger charge is -2.30. The van der Waals surface area contributed by atoms with Gasteiger partial charge in [0.25, 0.3) is 0 Å². The van der Waals surface area contributed by atoms with Crippen LogP contribution < -0.4 is 5.32 Å². The first-order chi connectivity index (χ1) is 9.15. The van der Waals surface area contributed by atoms with Crippen LogP contribution in [0.1, 0.15) is 23.6 Å². The summed E-state index contributed by atoms with van der Waals surface area (Å²) >= 11 is 0. The SMILES string of the molecule is Cc1ccc(C)c(CC#CCN2CCNC(C)C2)c1. The summed E-state index contributed by atoms with van der Waals surface area (Å²) in [6.45, 7) is 10.7. The van der Waals surface area contributed by atoms with E-state index < -0.39 is 0 Å². The quantitative estimate of drug-likeness (QED) is 0.816. The summed E-state index contributed by atoms with van der Waals surface area (Å²) in [4.78, 5) is 2.43. The fraction of sp³-hybridized carbons (Fsp3) is 0.529. The Morgan fingerprint density at radius 1 is 1.32 bits per heavy atom. The van der Waals surface area contributed by atoms with Gasteiger partial charge in [-0.3, -0.25) is 4.90 Å². The zero-order valence-corrected chi connectivity index (χ0v) is 12.3. The summed E-state index contributed by atoms with van der Waals surface area (Å²) in [6, 6.07) is 7.19. The van der Waals surface area contributed by atoms with Crippen molar-refractivity contribution in [1.82, 2.24) is 10.2 Å². The molecule has 2 rings (SSSR count). The van der Waals surface area contributed by atoms with Gasteiger partial charge in [0.05, 0.1) is 6.54 Å². The molecule has 1 aliphatic rings. The molecule has 1 heterocycles. The van der Waals surface area contributed by atoms with E-state index >= 15 is 0 Å². The third-order valence-electron chi connectivity index (χ3n) is 3.66. The predicted octanol–water partition coefficient (Wildman–Crippen LogP) is 2.14. The van der Waals surface area contributed by atoms with Gasteiger partial charge in [0, 0.05) is 32.1 Å². The first-order valence-corrected chi connectivity index (χ1v) is 7.13. The highest BCUT2D eigenvalue weighted by molar-refractivity contribution is 5.33. The molecule has 1 saturated heterocycles. The van der Waals surface area contributed by atoms with Crippen molar-refractivity contribution in [2.45, 2.75) is 33.2 Å². The van der Waals surface area contributed by atoms with E-state index in [4.69, 9.17) is 0 Å². The second-order valence-electron chi connectivity index (χ2n) is 5.55. The van der Waals surface area contributed by atoms with Crippen LogP contribution in [-0.2, 0) is 6.42 Å². The summed E-state index contributed by atoms with van der Waals surface area (Å²) in [7, 11) is 0. The van der Waals surface area contributed by atoms with Crippen molar-refractivity contribution in [2.75, 3.05) is 26.2 Å². The minimum absolute atomic E-state index is 0.592. The Bertz CT molecular complexity index is 482. The monoisotopic (exact) mass is 256 g/mol. The third-order valence-corrected chi connectivity index (χ3v) is 3.66. The molecule has 0 aromatic heterocycles. The number of aryl methyl sites for hydroxylation is 2. The van der Waals surface area contributed by atoms with Crippen LogP contribution in [0.3, 0.4) is 0 Å². The Hall–Kier alpha value is -1.30. The number of hydrogen-bond donors (Lipinski definition) is 1. The smallest absolute Gasteiger partial charge is 0.0602 e. The molecule has 0 bridgehead atoms. The van der Waals surface area contributed by atoms with Gasteiger partial charge in [0.2, 0.25) is 0 Å². The summed E-state index contributed by atoms with van der Waals surface area (Å²) in [5.41, 5.74) is 4.02. The molecule has 1 N–H and O–H groups in total. The van der Waals surface area contributed by atoms with Gasteiger partial charge >= 0.3 is 0 Å². The van der Waals surface area contributed by atoms with Crippen LogP contribution in [0.4, 0.5) is 0 Å². The van der Waals surface area contributed by atoms with E-state index in [1.807, 2.05) is 0 Å². The Morgan fingerprint density at radius 2 is 2.16 bits per heavy atom. The Kier molecular flexibility index (Phi) is 5.01. The average Bonchev–Trinajstić information content (AvgIpc) is 2.39. The summed E-state index contributed by atoms with van der Waals surface area (Å²) < 4.78 is 0. The number of nitrogens with zero attached hydrogens (tertiary/aromatic N) is 1. The van der Waals surface area contributed by atoms with Crippen molar-refractivity contribution < 1.29 is 0 Å². The maximum absolute atomic E-state index is 3.45. The molecular formula is C17H24N2. The first kappa shape index (κ1) is 14.1. The lowest BCUT2D eigenvalue weighted by molar-refractivity contribution is 0.229. The average molecular weight is 256 g/mol. The van der Waals surface area contributed by atoms with Gasteiger partial charge in [-0.1, -0.05) is 35.6 Å². The molecule has 0 spiro atoms. The second-order valence-corrected chi connectivity index (χ2v) is 5.55. The van der Waals surface area contributed by atoms with E-state index in [1.165, 1.54) is 16.7 Å². The standard InChI is InChI=1S/C17H24N2/c1-14-7-8-15(2)17(12-14)6-4-5-10-19-11-9-18-16(3)13-19/h7-8,12,16,18H,6,9-11,13H2,1-3H3. The molecule has 0 radical (unpaired) electrons. The topological polar surface area (TPSA) is 15.3 Å². The minimum atomic E-state index is 0.592. The van der Waals surface area contributed by atoms with Crippen molar-refractivity contribution in [2.24, 2.45) is 0 Å². The second kappa shape index (κ2) is 6.75. The van der Waals surface area contributed by atoms with E-state index in [9.17, 15) is 0 Å². The zero-order chi connectivity index (χ0) is 13.7. The van der Waals surface area contributed by atoms with Crippen molar-refractivity contribution in [3.05, 3.63) is 34.9 Å². The van der Waals surface area contributed by atoms with E-state index in [0.717, 1.165) is 32.6 Å². The van der Waals surface area contributed by atoms with Crippen molar-refractivity contribution in [3.63, 3.8) is 0 Å². The highest BCUT2D eigenvalue weighted by Gasteiger charge is 2.13. The summed E-state index contributed by atoms with van der Waals surface area (Å²) in [6.07, 6.45) is 0.870. The van der Waals surface area contributed by atoms with Crippen LogP contribution in [0.5, 0.6) is 0 Å². The van der Waals surface area contributed by atoms with Crippen LogP contribution in [0.15, 0.2) is 18.2 Å². The fourth-order valence-electron chi connectivity index (χ4n) is 2.47. The largest absolute Gasteiger partial charge is 0.312 e. The molecule has 0 saturated carbocycles. The van der Waals surface area contributed by atoms with Gasteiger partial charge in [-0.15, -0.1) is 0 Å². The molecule has 1 aromatic rings. The van der Waals surface area contributed by atoms with E-state index in [2.05, 4.69) is 61.0 Å².